The van der Waals surface area contributed by atoms with Crippen molar-refractivity contribution in [3.05, 3.63) is 91.3 Å². The van der Waals surface area contributed by atoms with Crippen LogP contribution in [0, 0.1) is 25.5 Å². The Morgan fingerprint density at radius 1 is 1.14 bits per heavy atom. The smallest absolute Gasteiger partial charge is 0.273 e. The molecule has 2 heterocycles. The Morgan fingerprint density at radius 2 is 1.89 bits per heavy atom. The zero-order chi connectivity index (χ0) is 26.5. The van der Waals surface area contributed by atoms with Crippen LogP contribution < -0.4 is 15.6 Å². The largest absolute Gasteiger partial charge is 0.487 e. The number of benzene rings is 2. The van der Waals surface area contributed by atoms with E-state index in [4.69, 9.17) is 9.47 Å². The van der Waals surface area contributed by atoms with Gasteiger partial charge in [-0.3, -0.25) is 19.1 Å². The number of nitrogens with zero attached hydrogens (tertiary/aromatic N) is 2. The highest BCUT2D eigenvalue weighted by atomic mass is 79.9. The van der Waals surface area contributed by atoms with Crippen molar-refractivity contribution in [2.45, 2.75) is 20.5 Å². The van der Waals surface area contributed by atoms with E-state index >= 15 is 0 Å². The number of rotatable bonds is 8. The third-order valence-electron chi connectivity index (χ3n) is 6.31. The zero-order valence-electron chi connectivity index (χ0n) is 20.7. The Balaban J connectivity index is 1.52. The number of carbonyl (C=O) groups excluding carboxylic acids is 1. The minimum absolute atomic E-state index is 0.153. The molecule has 1 aliphatic rings. The van der Waals surface area contributed by atoms with Crippen LogP contribution in [0.15, 0.2) is 51.7 Å². The fourth-order valence-corrected chi connectivity index (χ4v) is 4.65. The molecule has 1 N–H and O–H groups in total. The van der Waals surface area contributed by atoms with Gasteiger partial charge in [0.2, 0.25) is 0 Å². The maximum atomic E-state index is 14.0. The van der Waals surface area contributed by atoms with Gasteiger partial charge in [-0.25, -0.2) is 8.78 Å². The van der Waals surface area contributed by atoms with Crippen molar-refractivity contribution >= 4 is 21.8 Å². The Morgan fingerprint density at radius 3 is 2.62 bits per heavy atom. The third kappa shape index (κ3) is 6.26. The molecule has 0 radical (unpaired) electrons. The molecule has 1 aliphatic heterocycles. The van der Waals surface area contributed by atoms with Gasteiger partial charge in [0.1, 0.15) is 28.5 Å². The van der Waals surface area contributed by atoms with E-state index in [0.717, 1.165) is 31.8 Å². The van der Waals surface area contributed by atoms with E-state index in [1.54, 1.807) is 38.1 Å². The van der Waals surface area contributed by atoms with Crippen molar-refractivity contribution in [1.29, 1.82) is 0 Å². The van der Waals surface area contributed by atoms with E-state index in [1.165, 1.54) is 10.6 Å². The summed E-state index contributed by atoms with van der Waals surface area (Å²) in [6.45, 7) is 7.71. The van der Waals surface area contributed by atoms with Gasteiger partial charge >= 0.3 is 0 Å². The van der Waals surface area contributed by atoms with Gasteiger partial charge in [-0.2, -0.15) is 0 Å². The average molecular weight is 576 g/mol. The number of pyridine rings is 1. The standard InChI is InChI=1S/C27H28BrF2N3O4/c1-17-14-24(37-16-19-6-7-20(29)15-22(19)30)25(28)27(35)33(17)23-5-3-4-21(18(23)2)26(34)31-8-9-32-10-12-36-13-11-32/h3-7,14-15H,8-13,16H2,1-2H3,(H,31,34). The van der Waals surface area contributed by atoms with Crippen LogP contribution in [0.4, 0.5) is 8.78 Å². The summed E-state index contributed by atoms with van der Waals surface area (Å²) in [7, 11) is 0. The molecular formula is C27H28BrF2N3O4. The lowest BCUT2D eigenvalue weighted by atomic mass is 10.1. The molecule has 1 fully saturated rings. The maximum absolute atomic E-state index is 14.0. The van der Waals surface area contributed by atoms with E-state index in [-0.39, 0.29) is 33.9 Å². The van der Waals surface area contributed by atoms with Gasteiger partial charge < -0.3 is 14.8 Å². The Kier molecular flexibility index (Phi) is 8.73. The van der Waals surface area contributed by atoms with E-state index in [2.05, 4.69) is 26.1 Å². The SMILES string of the molecule is Cc1c(C(=O)NCCN2CCOCC2)cccc1-n1c(C)cc(OCc2ccc(F)cc2F)c(Br)c1=O. The van der Waals surface area contributed by atoms with Crippen LogP contribution in [0.3, 0.4) is 0 Å². The summed E-state index contributed by atoms with van der Waals surface area (Å²) in [5.74, 6) is -1.38. The highest BCUT2D eigenvalue weighted by Crippen LogP contribution is 2.27. The molecule has 37 heavy (non-hydrogen) atoms. The maximum Gasteiger partial charge on any atom is 0.273 e. The zero-order valence-corrected chi connectivity index (χ0v) is 22.2. The molecule has 1 saturated heterocycles. The molecule has 7 nitrogen and oxygen atoms in total. The number of hydrogen-bond acceptors (Lipinski definition) is 5. The fraction of sp³-hybridized carbons (Fsp3) is 0.333. The van der Waals surface area contributed by atoms with E-state index in [0.29, 0.717) is 42.3 Å². The molecule has 0 aliphatic carbocycles. The van der Waals surface area contributed by atoms with Crippen molar-refractivity contribution in [3.8, 4) is 11.4 Å². The van der Waals surface area contributed by atoms with Crippen LogP contribution in [-0.4, -0.2) is 54.8 Å². The van der Waals surface area contributed by atoms with Crippen LogP contribution >= 0.6 is 15.9 Å². The van der Waals surface area contributed by atoms with Crippen molar-refractivity contribution in [3.63, 3.8) is 0 Å². The number of ether oxygens (including phenoxy) is 2. The molecular weight excluding hydrogens is 548 g/mol. The first-order valence-electron chi connectivity index (χ1n) is 11.9. The summed E-state index contributed by atoms with van der Waals surface area (Å²) in [5.41, 5.74) is 2.05. The first-order valence-corrected chi connectivity index (χ1v) is 12.7. The molecule has 1 amide bonds. The monoisotopic (exact) mass is 575 g/mol. The lowest BCUT2D eigenvalue weighted by Crippen LogP contribution is -2.41. The van der Waals surface area contributed by atoms with Crippen molar-refractivity contribution in [1.82, 2.24) is 14.8 Å². The number of halogens is 3. The van der Waals surface area contributed by atoms with Gasteiger partial charge in [-0.1, -0.05) is 6.07 Å². The van der Waals surface area contributed by atoms with Gasteiger partial charge in [0.05, 0.1) is 18.9 Å². The molecule has 10 heteroatoms. The van der Waals surface area contributed by atoms with Crippen LogP contribution in [0.1, 0.15) is 27.2 Å². The topological polar surface area (TPSA) is 72.8 Å². The molecule has 0 spiro atoms. The first kappa shape index (κ1) is 27.0. The van der Waals surface area contributed by atoms with E-state index in [9.17, 15) is 18.4 Å². The summed E-state index contributed by atoms with van der Waals surface area (Å²) in [5, 5.41) is 2.96. The third-order valence-corrected chi connectivity index (χ3v) is 7.04. The Labute approximate surface area is 222 Å². The minimum atomic E-state index is -0.725. The van der Waals surface area contributed by atoms with Crippen LogP contribution in [0.5, 0.6) is 5.75 Å². The number of aryl methyl sites for hydroxylation is 1. The van der Waals surface area contributed by atoms with Crippen molar-refractivity contribution in [2.75, 3.05) is 39.4 Å². The van der Waals surface area contributed by atoms with E-state index in [1.807, 2.05) is 0 Å². The second-order valence-electron chi connectivity index (χ2n) is 8.79. The number of nitrogens with one attached hydrogen (secondary N) is 1. The van der Waals surface area contributed by atoms with Gasteiger partial charge in [-0.05, 0) is 59.6 Å². The summed E-state index contributed by atoms with van der Waals surface area (Å²) in [6.07, 6.45) is 0. The van der Waals surface area contributed by atoms with Crippen molar-refractivity contribution in [2.24, 2.45) is 0 Å². The van der Waals surface area contributed by atoms with Crippen LogP contribution in [0.2, 0.25) is 0 Å². The average Bonchev–Trinajstić information content (AvgIpc) is 2.88. The summed E-state index contributed by atoms with van der Waals surface area (Å²) in [6, 6.07) is 10.1. The molecule has 2 aromatic carbocycles. The highest BCUT2D eigenvalue weighted by Gasteiger charge is 2.19. The number of carbonyl (C=O) groups is 1. The quantitative estimate of drug-likeness (QED) is 0.437. The van der Waals surface area contributed by atoms with Gasteiger partial charge in [-0.15, -0.1) is 0 Å². The molecule has 0 bridgehead atoms. The predicted molar refractivity (Wildman–Crippen MR) is 139 cm³/mol. The number of morpholine rings is 1. The molecule has 0 saturated carbocycles. The summed E-state index contributed by atoms with van der Waals surface area (Å²) >= 11 is 3.31. The molecule has 196 valence electrons. The molecule has 3 aromatic rings. The lowest BCUT2D eigenvalue weighted by molar-refractivity contribution is 0.0383. The van der Waals surface area contributed by atoms with Crippen LogP contribution in [0.25, 0.3) is 5.69 Å². The summed E-state index contributed by atoms with van der Waals surface area (Å²) < 4.78 is 39.8. The number of aromatic nitrogens is 1. The van der Waals surface area contributed by atoms with E-state index < -0.39 is 11.6 Å². The number of hydrogen-bond donors (Lipinski definition) is 1. The first-order chi connectivity index (χ1) is 17.8. The summed E-state index contributed by atoms with van der Waals surface area (Å²) in [4.78, 5) is 28.5. The van der Waals surface area contributed by atoms with Gasteiger partial charge in [0, 0.05) is 55.1 Å². The normalized spacial score (nSPS) is 14.0. The lowest BCUT2D eigenvalue weighted by Gasteiger charge is -2.26. The number of amides is 1. The minimum Gasteiger partial charge on any atom is -0.487 e. The van der Waals surface area contributed by atoms with Crippen LogP contribution in [-0.2, 0) is 11.3 Å². The Bertz CT molecular complexity index is 1360. The molecule has 4 rings (SSSR count). The van der Waals surface area contributed by atoms with Crippen molar-refractivity contribution < 1.29 is 23.0 Å². The fourth-order valence-electron chi connectivity index (χ4n) is 4.24. The Hall–Kier alpha value is -3.08. The predicted octanol–water partition coefficient (Wildman–Crippen LogP) is 4.14. The highest BCUT2D eigenvalue weighted by molar-refractivity contribution is 9.10. The second-order valence-corrected chi connectivity index (χ2v) is 9.58. The molecule has 0 atom stereocenters. The van der Waals surface area contributed by atoms with Gasteiger partial charge in [0.25, 0.3) is 11.5 Å². The second kappa shape index (κ2) is 12.0. The molecule has 0 unspecified atom stereocenters. The van der Waals surface area contributed by atoms with Gasteiger partial charge in [0.15, 0.2) is 0 Å². The molecule has 1 aromatic heterocycles.